The molecular weight excluding hydrogens is 357 g/mol. The van der Waals surface area contributed by atoms with E-state index in [2.05, 4.69) is 4.98 Å². The Morgan fingerprint density at radius 3 is 3.00 bits per heavy atom. The van der Waals surface area contributed by atoms with E-state index >= 15 is 0 Å². The van der Waals surface area contributed by atoms with Crippen molar-refractivity contribution in [3.63, 3.8) is 0 Å². The number of hydrogen-bond donors (Lipinski definition) is 0. The molecule has 0 atom stereocenters. The smallest absolute Gasteiger partial charge is 0.267 e. The van der Waals surface area contributed by atoms with E-state index in [1.54, 1.807) is 12.1 Å². The number of nitrogens with zero attached hydrogens (tertiary/aromatic N) is 2. The summed E-state index contributed by atoms with van der Waals surface area (Å²) in [6, 6.07) is 4.52. The molecule has 1 aromatic heterocycles. The van der Waals surface area contributed by atoms with Gasteiger partial charge in [0.1, 0.15) is 5.82 Å². The van der Waals surface area contributed by atoms with Gasteiger partial charge in [0.25, 0.3) is 5.56 Å². The Labute approximate surface area is 115 Å². The molecule has 2 aromatic rings. The zero-order chi connectivity index (χ0) is 12.4. The van der Waals surface area contributed by atoms with Gasteiger partial charge in [0.15, 0.2) is 0 Å². The number of benzene rings is 1. The number of hydrogen-bond acceptors (Lipinski definition) is 2. The van der Waals surface area contributed by atoms with Gasteiger partial charge in [0, 0.05) is 6.20 Å². The topological polar surface area (TPSA) is 34.9 Å². The van der Waals surface area contributed by atoms with Crippen molar-refractivity contribution in [3.8, 4) is 0 Å². The average Bonchev–Trinajstić information content (AvgIpc) is 2.31. The molecule has 88 valence electrons. The second-order valence-electron chi connectivity index (χ2n) is 3.39. The molecule has 0 spiro atoms. The third kappa shape index (κ3) is 2.66. The summed E-state index contributed by atoms with van der Waals surface area (Å²) in [7, 11) is 0. The summed E-state index contributed by atoms with van der Waals surface area (Å²) in [5.41, 5.74) is 0.387. The largest absolute Gasteiger partial charge is 0.294 e. The van der Waals surface area contributed by atoms with Gasteiger partial charge >= 0.3 is 0 Å². The molecule has 0 radical (unpaired) electrons. The molecule has 0 aliphatic rings. The monoisotopic (exact) mass is 364 g/mol. The standard InChI is InChI=1S/C11H7ClFIN2O/c12-10-7(2-1-3-8(10)13)5-16-6-15-4-9(14)11(16)17/h1-4,6H,5H2. The van der Waals surface area contributed by atoms with Gasteiger partial charge in [0.05, 0.1) is 21.5 Å². The molecule has 2 rings (SSSR count). The van der Waals surface area contributed by atoms with Gasteiger partial charge in [-0.1, -0.05) is 23.7 Å². The minimum atomic E-state index is -0.490. The summed E-state index contributed by atoms with van der Waals surface area (Å²) < 4.78 is 15.1. The molecule has 17 heavy (non-hydrogen) atoms. The normalized spacial score (nSPS) is 10.5. The molecule has 0 unspecified atom stereocenters. The Bertz CT molecular complexity index is 615. The molecule has 6 heteroatoms. The van der Waals surface area contributed by atoms with E-state index in [-0.39, 0.29) is 17.1 Å². The van der Waals surface area contributed by atoms with Crippen molar-refractivity contribution in [1.29, 1.82) is 0 Å². The third-order valence-electron chi connectivity index (χ3n) is 2.23. The van der Waals surface area contributed by atoms with E-state index in [1.165, 1.54) is 23.2 Å². The van der Waals surface area contributed by atoms with Crippen molar-refractivity contribution in [2.75, 3.05) is 0 Å². The summed E-state index contributed by atoms with van der Waals surface area (Å²) in [4.78, 5) is 15.7. The fraction of sp³-hybridized carbons (Fsp3) is 0.0909. The molecule has 0 saturated carbocycles. The summed E-state index contributed by atoms with van der Waals surface area (Å²) in [5.74, 6) is -0.490. The first-order chi connectivity index (χ1) is 8.09. The summed E-state index contributed by atoms with van der Waals surface area (Å²) in [5, 5.41) is 0.0401. The summed E-state index contributed by atoms with van der Waals surface area (Å²) in [6.07, 6.45) is 2.89. The lowest BCUT2D eigenvalue weighted by atomic mass is 10.2. The maximum atomic E-state index is 13.2. The predicted molar refractivity (Wildman–Crippen MR) is 71.7 cm³/mol. The zero-order valence-electron chi connectivity index (χ0n) is 8.53. The lowest BCUT2D eigenvalue weighted by Gasteiger charge is -2.07. The molecule has 0 N–H and O–H groups in total. The third-order valence-corrected chi connectivity index (χ3v) is 3.39. The molecule has 0 saturated heterocycles. The minimum Gasteiger partial charge on any atom is -0.294 e. The molecule has 0 aliphatic heterocycles. The predicted octanol–water partition coefficient (Wildman–Crippen LogP) is 2.69. The minimum absolute atomic E-state index is 0.0401. The van der Waals surface area contributed by atoms with Crippen LogP contribution in [0.3, 0.4) is 0 Å². The maximum Gasteiger partial charge on any atom is 0.267 e. The van der Waals surface area contributed by atoms with Crippen molar-refractivity contribution in [3.05, 3.63) is 61.1 Å². The maximum absolute atomic E-state index is 13.2. The molecule has 1 heterocycles. The van der Waals surface area contributed by atoms with Crippen LogP contribution in [-0.4, -0.2) is 9.55 Å². The number of halogens is 3. The van der Waals surface area contributed by atoms with Gasteiger partial charge in [0.2, 0.25) is 0 Å². The van der Waals surface area contributed by atoms with Crippen LogP contribution in [0.5, 0.6) is 0 Å². The quantitative estimate of drug-likeness (QED) is 0.768. The fourth-order valence-electron chi connectivity index (χ4n) is 1.39. The SMILES string of the molecule is O=c1c(I)cncn1Cc1cccc(F)c1Cl. The molecule has 0 bridgehead atoms. The molecule has 0 fully saturated rings. The van der Waals surface area contributed by atoms with Crippen LogP contribution in [0.2, 0.25) is 5.02 Å². The summed E-state index contributed by atoms with van der Waals surface area (Å²) >= 11 is 7.73. The van der Waals surface area contributed by atoms with Crippen LogP contribution in [0.25, 0.3) is 0 Å². The highest BCUT2D eigenvalue weighted by atomic mass is 127. The van der Waals surface area contributed by atoms with E-state index in [0.29, 0.717) is 9.13 Å². The molecule has 0 aliphatic carbocycles. The van der Waals surface area contributed by atoms with Gasteiger partial charge < -0.3 is 0 Å². The van der Waals surface area contributed by atoms with E-state index < -0.39 is 5.82 Å². The van der Waals surface area contributed by atoms with Crippen LogP contribution < -0.4 is 5.56 Å². The Morgan fingerprint density at radius 1 is 1.47 bits per heavy atom. The van der Waals surface area contributed by atoms with E-state index in [0.717, 1.165) is 0 Å². The number of rotatable bonds is 2. The van der Waals surface area contributed by atoms with E-state index in [1.807, 2.05) is 22.6 Å². The lowest BCUT2D eigenvalue weighted by molar-refractivity contribution is 0.622. The fourth-order valence-corrected chi connectivity index (χ4v) is 2.05. The van der Waals surface area contributed by atoms with Gasteiger partial charge in [-0.25, -0.2) is 9.37 Å². The Hall–Kier alpha value is -0.950. The second-order valence-corrected chi connectivity index (χ2v) is 4.93. The Balaban J connectivity index is 2.42. The van der Waals surface area contributed by atoms with Crippen molar-refractivity contribution in [2.45, 2.75) is 6.54 Å². The lowest BCUT2D eigenvalue weighted by Crippen LogP contribution is -2.23. The highest BCUT2D eigenvalue weighted by Gasteiger charge is 2.08. The van der Waals surface area contributed by atoms with Crippen LogP contribution in [-0.2, 0) is 6.54 Å². The van der Waals surface area contributed by atoms with Crippen molar-refractivity contribution >= 4 is 34.2 Å². The molecule has 3 nitrogen and oxygen atoms in total. The van der Waals surface area contributed by atoms with Crippen LogP contribution in [0, 0.1) is 9.39 Å². The molecule has 0 amide bonds. The van der Waals surface area contributed by atoms with E-state index in [9.17, 15) is 9.18 Å². The van der Waals surface area contributed by atoms with Crippen LogP contribution >= 0.6 is 34.2 Å². The Morgan fingerprint density at radius 2 is 2.24 bits per heavy atom. The van der Waals surface area contributed by atoms with Crippen molar-refractivity contribution < 1.29 is 4.39 Å². The zero-order valence-corrected chi connectivity index (χ0v) is 11.4. The van der Waals surface area contributed by atoms with Crippen molar-refractivity contribution in [2.24, 2.45) is 0 Å². The van der Waals surface area contributed by atoms with Crippen LogP contribution in [0.15, 0.2) is 35.5 Å². The first kappa shape index (κ1) is 12.5. The van der Waals surface area contributed by atoms with Gasteiger partial charge in [-0.15, -0.1) is 0 Å². The first-order valence-electron chi connectivity index (χ1n) is 4.72. The second kappa shape index (κ2) is 5.14. The van der Waals surface area contributed by atoms with Gasteiger partial charge in [-0.3, -0.25) is 9.36 Å². The Kier molecular flexibility index (Phi) is 3.78. The first-order valence-corrected chi connectivity index (χ1v) is 6.18. The van der Waals surface area contributed by atoms with E-state index in [4.69, 9.17) is 11.6 Å². The van der Waals surface area contributed by atoms with Crippen molar-refractivity contribution in [1.82, 2.24) is 9.55 Å². The van der Waals surface area contributed by atoms with Gasteiger partial charge in [-0.05, 0) is 34.2 Å². The highest BCUT2D eigenvalue weighted by molar-refractivity contribution is 14.1. The van der Waals surface area contributed by atoms with Gasteiger partial charge in [-0.2, -0.15) is 0 Å². The van der Waals surface area contributed by atoms with Crippen LogP contribution in [0.4, 0.5) is 4.39 Å². The van der Waals surface area contributed by atoms with Crippen LogP contribution in [0.1, 0.15) is 5.56 Å². The molecule has 1 aromatic carbocycles. The average molecular weight is 365 g/mol. The summed E-state index contributed by atoms with van der Waals surface area (Å²) in [6.45, 7) is 0.208. The highest BCUT2D eigenvalue weighted by Crippen LogP contribution is 2.19. The molecular formula is C11H7ClFIN2O. The number of aromatic nitrogens is 2.